The maximum absolute atomic E-state index is 10.6. The maximum atomic E-state index is 10.6. The number of hydrogen-bond donors (Lipinski definition) is 3. The molecule has 2 atom stereocenters. The van der Waals surface area contributed by atoms with Crippen molar-refractivity contribution in [3.63, 3.8) is 0 Å². The summed E-state index contributed by atoms with van der Waals surface area (Å²) < 4.78 is 6.21. The molecule has 5 heteroatoms. The van der Waals surface area contributed by atoms with Gasteiger partial charge in [-0.3, -0.25) is 4.79 Å². The normalized spacial score (nSPS) is 13.1. The quantitative estimate of drug-likeness (QED) is 0.217. The number of carboxylic acid groups (broad SMARTS) is 1. The summed E-state index contributed by atoms with van der Waals surface area (Å²) in [6, 6.07) is 25.6. The number of hydrogen-bond acceptors (Lipinski definition) is 4. The van der Waals surface area contributed by atoms with Gasteiger partial charge in [-0.1, -0.05) is 89.6 Å². The first-order valence-corrected chi connectivity index (χ1v) is 13.3. The first kappa shape index (κ1) is 28.3. The van der Waals surface area contributed by atoms with Crippen LogP contribution < -0.4 is 15.4 Å². The zero-order chi connectivity index (χ0) is 26.8. The average molecular weight is 503 g/mol. The van der Waals surface area contributed by atoms with Crippen molar-refractivity contribution in [2.24, 2.45) is 5.92 Å². The maximum Gasteiger partial charge on any atom is 0.304 e. The molecule has 3 rings (SSSR count). The van der Waals surface area contributed by atoms with Crippen LogP contribution in [0.4, 0.5) is 5.69 Å². The Balaban J connectivity index is 1.56. The van der Waals surface area contributed by atoms with E-state index in [1.165, 1.54) is 16.7 Å². The molecule has 37 heavy (non-hydrogen) atoms. The number of aliphatic carboxylic acids is 1. The van der Waals surface area contributed by atoms with Crippen LogP contribution in [0.5, 0.6) is 5.75 Å². The minimum Gasteiger partial charge on any atom is -0.491 e. The number of carboxylic acids is 1. The smallest absolute Gasteiger partial charge is 0.304 e. The Hall–Kier alpha value is -3.31. The van der Waals surface area contributed by atoms with Gasteiger partial charge in [0.25, 0.3) is 0 Å². The first-order valence-electron chi connectivity index (χ1n) is 13.3. The fourth-order valence-electron chi connectivity index (χ4n) is 4.09. The molecule has 3 aromatic carbocycles. The fraction of sp³-hybridized carbons (Fsp3) is 0.406. The Kier molecular flexibility index (Phi) is 10.2. The predicted molar refractivity (Wildman–Crippen MR) is 153 cm³/mol. The van der Waals surface area contributed by atoms with Gasteiger partial charge in [0.1, 0.15) is 12.4 Å². The third-order valence-corrected chi connectivity index (χ3v) is 6.85. The molecule has 0 radical (unpaired) electrons. The molecule has 3 N–H and O–H groups in total. The van der Waals surface area contributed by atoms with Crippen LogP contribution in [0.3, 0.4) is 0 Å². The van der Waals surface area contributed by atoms with Gasteiger partial charge in [0.2, 0.25) is 0 Å². The van der Waals surface area contributed by atoms with Crippen LogP contribution in [0.25, 0.3) is 11.1 Å². The lowest BCUT2D eigenvalue weighted by atomic mass is 9.86. The molecule has 0 saturated carbocycles. The van der Waals surface area contributed by atoms with E-state index in [9.17, 15) is 4.79 Å². The Morgan fingerprint density at radius 1 is 0.919 bits per heavy atom. The Morgan fingerprint density at radius 3 is 2.05 bits per heavy atom. The molecule has 0 spiro atoms. The van der Waals surface area contributed by atoms with E-state index in [4.69, 9.17) is 9.84 Å². The molecule has 198 valence electrons. The Bertz CT molecular complexity index is 1100. The molecule has 0 heterocycles. The number of carbonyl (C=O) groups is 1. The van der Waals surface area contributed by atoms with Crippen molar-refractivity contribution in [1.82, 2.24) is 5.32 Å². The lowest BCUT2D eigenvalue weighted by Gasteiger charge is -2.26. The molecule has 3 aromatic rings. The van der Waals surface area contributed by atoms with Gasteiger partial charge in [-0.15, -0.1) is 0 Å². The molecule has 0 amide bonds. The average Bonchev–Trinajstić information content (AvgIpc) is 2.89. The van der Waals surface area contributed by atoms with Gasteiger partial charge in [0.15, 0.2) is 0 Å². The lowest BCUT2D eigenvalue weighted by molar-refractivity contribution is -0.136. The summed E-state index contributed by atoms with van der Waals surface area (Å²) in [5.41, 5.74) is 6.06. The predicted octanol–water partition coefficient (Wildman–Crippen LogP) is 7.12. The molecule has 0 aliphatic carbocycles. The van der Waals surface area contributed by atoms with Crippen molar-refractivity contribution in [3.8, 4) is 16.9 Å². The highest BCUT2D eigenvalue weighted by Crippen LogP contribution is 2.27. The van der Waals surface area contributed by atoms with Crippen molar-refractivity contribution in [3.05, 3.63) is 83.9 Å². The lowest BCUT2D eigenvalue weighted by Crippen LogP contribution is -2.33. The minimum absolute atomic E-state index is 0.128. The molecule has 0 bridgehead atoms. The number of rotatable bonds is 13. The third kappa shape index (κ3) is 8.94. The fourth-order valence-corrected chi connectivity index (χ4v) is 4.09. The van der Waals surface area contributed by atoms with Crippen molar-refractivity contribution in [1.29, 1.82) is 0 Å². The SMILES string of the molecule is CC[C@H](C)[C@@H](COc1ccc(-c2ccc(C(C)(C)C)cc2)cc1)Nc1ccc(CNCCC(=O)O)cc1. The van der Waals surface area contributed by atoms with Crippen LogP contribution in [-0.4, -0.2) is 30.3 Å². The van der Waals surface area contributed by atoms with E-state index in [0.29, 0.717) is 25.6 Å². The van der Waals surface area contributed by atoms with Gasteiger partial charge in [-0.05, 0) is 57.9 Å². The molecular formula is C32H42N2O3. The van der Waals surface area contributed by atoms with Gasteiger partial charge in [-0.25, -0.2) is 0 Å². The van der Waals surface area contributed by atoms with Crippen LogP contribution in [0, 0.1) is 5.92 Å². The second kappa shape index (κ2) is 13.3. The molecule has 0 fully saturated rings. The highest BCUT2D eigenvalue weighted by atomic mass is 16.5. The zero-order valence-corrected chi connectivity index (χ0v) is 22.9. The van der Waals surface area contributed by atoms with Gasteiger partial charge in [-0.2, -0.15) is 0 Å². The van der Waals surface area contributed by atoms with Gasteiger partial charge in [0.05, 0.1) is 12.5 Å². The summed E-state index contributed by atoms with van der Waals surface area (Å²) in [4.78, 5) is 10.6. The second-order valence-electron chi connectivity index (χ2n) is 10.8. The van der Waals surface area contributed by atoms with E-state index in [0.717, 1.165) is 23.4 Å². The monoisotopic (exact) mass is 502 g/mol. The zero-order valence-electron chi connectivity index (χ0n) is 22.9. The summed E-state index contributed by atoms with van der Waals surface area (Å²) in [7, 11) is 0. The number of benzene rings is 3. The number of anilines is 1. The Labute approximate surface area is 222 Å². The van der Waals surface area contributed by atoms with Crippen molar-refractivity contribution in [2.75, 3.05) is 18.5 Å². The summed E-state index contributed by atoms with van der Waals surface area (Å²) in [5, 5.41) is 15.5. The second-order valence-corrected chi connectivity index (χ2v) is 10.8. The number of nitrogens with one attached hydrogen (secondary N) is 2. The van der Waals surface area contributed by atoms with E-state index in [2.05, 4.69) is 106 Å². The molecule has 0 aromatic heterocycles. The van der Waals surface area contributed by atoms with Crippen LogP contribution in [0.15, 0.2) is 72.8 Å². The van der Waals surface area contributed by atoms with Crippen LogP contribution in [0.2, 0.25) is 0 Å². The van der Waals surface area contributed by atoms with Crippen LogP contribution in [-0.2, 0) is 16.8 Å². The molecule has 0 unspecified atom stereocenters. The van der Waals surface area contributed by atoms with E-state index in [1.807, 2.05) is 12.1 Å². The summed E-state index contributed by atoms with van der Waals surface area (Å²) in [6.45, 7) is 12.8. The molecule has 0 saturated heterocycles. The van der Waals surface area contributed by atoms with Gasteiger partial charge in [0, 0.05) is 18.8 Å². The van der Waals surface area contributed by atoms with Gasteiger partial charge >= 0.3 is 5.97 Å². The van der Waals surface area contributed by atoms with Gasteiger partial charge < -0.3 is 20.5 Å². The van der Waals surface area contributed by atoms with Crippen LogP contribution in [0.1, 0.15) is 58.6 Å². The Morgan fingerprint density at radius 2 is 1.51 bits per heavy atom. The summed E-state index contributed by atoms with van der Waals surface area (Å²) in [6.07, 6.45) is 1.18. The van der Waals surface area contributed by atoms with Crippen molar-refractivity contribution in [2.45, 2.75) is 65.5 Å². The molecule has 0 aliphatic rings. The summed E-state index contributed by atoms with van der Waals surface area (Å²) in [5.74, 6) is 0.526. The molecule has 0 aliphatic heterocycles. The van der Waals surface area contributed by atoms with E-state index in [-0.39, 0.29) is 17.9 Å². The number of ether oxygens (including phenoxy) is 1. The van der Waals surface area contributed by atoms with Crippen molar-refractivity contribution < 1.29 is 14.6 Å². The van der Waals surface area contributed by atoms with E-state index < -0.39 is 5.97 Å². The topological polar surface area (TPSA) is 70.6 Å². The molecule has 5 nitrogen and oxygen atoms in total. The van der Waals surface area contributed by atoms with Crippen LogP contribution >= 0.6 is 0 Å². The standard InChI is InChI=1S/C32H42N2O3/c1-6-23(2)30(34-28-15-7-24(8-16-28)21-33-20-19-31(35)36)22-37-29-17-11-26(12-18-29)25-9-13-27(14-10-25)32(3,4)5/h7-18,23,30,33-34H,6,19-22H2,1-5H3,(H,35,36)/t23-,30+/m0/s1. The third-order valence-electron chi connectivity index (χ3n) is 6.85. The first-order chi connectivity index (χ1) is 17.7. The highest BCUT2D eigenvalue weighted by Gasteiger charge is 2.17. The van der Waals surface area contributed by atoms with E-state index in [1.54, 1.807) is 0 Å². The molecular weight excluding hydrogens is 460 g/mol. The largest absolute Gasteiger partial charge is 0.491 e. The highest BCUT2D eigenvalue weighted by molar-refractivity contribution is 5.67. The van der Waals surface area contributed by atoms with E-state index >= 15 is 0 Å². The summed E-state index contributed by atoms with van der Waals surface area (Å²) >= 11 is 0. The minimum atomic E-state index is -0.785. The van der Waals surface area contributed by atoms with Crippen molar-refractivity contribution >= 4 is 11.7 Å².